The maximum atomic E-state index is 12.4. The number of halogens is 3. The number of hydrogen-bond donors (Lipinski definition) is 0. The van der Waals surface area contributed by atoms with Crippen LogP contribution in [0.4, 0.5) is 13.2 Å². The van der Waals surface area contributed by atoms with Crippen molar-refractivity contribution in [1.82, 2.24) is 0 Å². The van der Waals surface area contributed by atoms with Gasteiger partial charge in [-0.1, -0.05) is 59.7 Å². The van der Waals surface area contributed by atoms with E-state index in [1.165, 1.54) is 13.2 Å². The van der Waals surface area contributed by atoms with E-state index in [4.69, 9.17) is 9.47 Å². The van der Waals surface area contributed by atoms with E-state index in [0.29, 0.717) is 12.2 Å². The Balaban J connectivity index is 0.000000314. The molecule has 3 rings (SSSR count). The molecular formula is C33H39F3O8S. The molecule has 246 valence electrons. The smallest absolute Gasteiger partial charge is 0.494 e. The SMILES string of the molecule is CCOc1cccc(-c2ccc(C(=O)OC)cc2C(C)(C)C)c1.COC(=O)c1ccc(OS(=O)(=O)C(F)(F)F)c(C(C)(C)C)c1. The largest absolute Gasteiger partial charge is 0.534 e. The number of methoxy groups -OCH3 is 2. The zero-order valence-electron chi connectivity index (χ0n) is 26.8. The van der Waals surface area contributed by atoms with Crippen molar-refractivity contribution in [2.45, 2.75) is 64.8 Å². The number of alkyl halides is 3. The molecule has 0 amide bonds. The Bertz CT molecular complexity index is 1620. The fourth-order valence-electron chi connectivity index (χ4n) is 4.18. The van der Waals surface area contributed by atoms with Crippen molar-refractivity contribution in [3.63, 3.8) is 0 Å². The summed E-state index contributed by atoms with van der Waals surface area (Å²) >= 11 is 0. The third-order valence-corrected chi connectivity index (χ3v) is 7.36. The van der Waals surface area contributed by atoms with Gasteiger partial charge in [-0.15, -0.1) is 0 Å². The van der Waals surface area contributed by atoms with E-state index < -0.39 is 32.8 Å². The van der Waals surface area contributed by atoms with Crippen LogP contribution in [0, 0.1) is 0 Å². The number of hydrogen-bond acceptors (Lipinski definition) is 8. The van der Waals surface area contributed by atoms with Crippen LogP contribution in [0.2, 0.25) is 0 Å². The molecule has 45 heavy (non-hydrogen) atoms. The summed E-state index contributed by atoms with van der Waals surface area (Å²) in [6.45, 7) is 13.9. The van der Waals surface area contributed by atoms with Crippen molar-refractivity contribution in [2.24, 2.45) is 0 Å². The Hall–Kier alpha value is -4.06. The zero-order chi connectivity index (χ0) is 34.4. The van der Waals surface area contributed by atoms with Gasteiger partial charge in [0.05, 0.1) is 32.0 Å². The second-order valence-electron chi connectivity index (χ2n) is 11.9. The molecular weight excluding hydrogens is 613 g/mol. The highest BCUT2D eigenvalue weighted by Gasteiger charge is 2.49. The summed E-state index contributed by atoms with van der Waals surface area (Å²) in [5, 5.41) is 0. The fourth-order valence-corrected chi connectivity index (χ4v) is 4.66. The lowest BCUT2D eigenvalue weighted by Gasteiger charge is -2.24. The lowest BCUT2D eigenvalue weighted by atomic mass is 9.81. The quantitative estimate of drug-likeness (QED) is 0.144. The number of carbonyl (C=O) groups is 2. The van der Waals surface area contributed by atoms with Crippen LogP contribution < -0.4 is 8.92 Å². The van der Waals surface area contributed by atoms with Gasteiger partial charge in [-0.25, -0.2) is 9.59 Å². The number of rotatable bonds is 7. The molecule has 8 nitrogen and oxygen atoms in total. The minimum atomic E-state index is -5.79. The molecule has 0 radical (unpaired) electrons. The summed E-state index contributed by atoms with van der Waals surface area (Å²) < 4.78 is 78.7. The van der Waals surface area contributed by atoms with Gasteiger partial charge in [0, 0.05) is 5.56 Å². The highest BCUT2D eigenvalue weighted by atomic mass is 32.2. The Morgan fingerprint density at radius 1 is 0.733 bits per heavy atom. The monoisotopic (exact) mass is 652 g/mol. The molecule has 0 heterocycles. The van der Waals surface area contributed by atoms with Gasteiger partial charge in [0.1, 0.15) is 11.5 Å². The van der Waals surface area contributed by atoms with Crippen LogP contribution in [0.15, 0.2) is 60.7 Å². The highest BCUT2D eigenvalue weighted by molar-refractivity contribution is 7.88. The van der Waals surface area contributed by atoms with E-state index in [-0.39, 0.29) is 22.5 Å². The molecule has 0 aliphatic rings. The zero-order valence-corrected chi connectivity index (χ0v) is 27.6. The van der Waals surface area contributed by atoms with Crippen molar-refractivity contribution in [2.75, 3.05) is 20.8 Å². The Labute approximate surface area is 262 Å². The normalized spacial score (nSPS) is 12.0. The number of esters is 2. The molecule has 3 aromatic carbocycles. The molecule has 0 aliphatic heterocycles. The van der Waals surface area contributed by atoms with Gasteiger partial charge in [-0.3, -0.25) is 0 Å². The average Bonchev–Trinajstić information content (AvgIpc) is 2.95. The van der Waals surface area contributed by atoms with Crippen LogP contribution in [0.1, 0.15) is 80.3 Å². The lowest BCUT2D eigenvalue weighted by Crippen LogP contribution is -2.29. The van der Waals surface area contributed by atoms with E-state index in [2.05, 4.69) is 35.8 Å². The van der Waals surface area contributed by atoms with Crippen LogP contribution in [0.5, 0.6) is 11.5 Å². The van der Waals surface area contributed by atoms with E-state index >= 15 is 0 Å². The van der Waals surface area contributed by atoms with E-state index in [1.807, 2.05) is 43.3 Å². The van der Waals surface area contributed by atoms with Crippen LogP contribution >= 0.6 is 0 Å². The average molecular weight is 653 g/mol. The molecule has 0 bridgehead atoms. The summed E-state index contributed by atoms with van der Waals surface area (Å²) in [4.78, 5) is 23.3. The number of benzene rings is 3. The van der Waals surface area contributed by atoms with Gasteiger partial charge in [0.2, 0.25) is 0 Å². The van der Waals surface area contributed by atoms with Crippen LogP contribution in [-0.2, 0) is 30.4 Å². The molecule has 0 fully saturated rings. The van der Waals surface area contributed by atoms with Crippen molar-refractivity contribution in [1.29, 1.82) is 0 Å². The minimum Gasteiger partial charge on any atom is -0.494 e. The second-order valence-corrected chi connectivity index (χ2v) is 13.4. The molecule has 0 N–H and O–H groups in total. The van der Waals surface area contributed by atoms with Gasteiger partial charge >= 0.3 is 27.6 Å². The molecule has 0 saturated carbocycles. The maximum Gasteiger partial charge on any atom is 0.534 e. The molecule has 0 atom stereocenters. The van der Waals surface area contributed by atoms with Gasteiger partial charge < -0.3 is 18.4 Å². The summed E-state index contributed by atoms with van der Waals surface area (Å²) in [5.41, 5.74) is -2.34. The maximum absolute atomic E-state index is 12.4. The van der Waals surface area contributed by atoms with Crippen LogP contribution in [-0.4, -0.2) is 46.7 Å². The van der Waals surface area contributed by atoms with E-state index in [9.17, 15) is 31.2 Å². The Kier molecular flexibility index (Phi) is 11.8. The van der Waals surface area contributed by atoms with Gasteiger partial charge in [-0.05, 0) is 76.9 Å². The first-order valence-corrected chi connectivity index (χ1v) is 15.3. The third-order valence-electron chi connectivity index (χ3n) is 6.40. The molecule has 0 aliphatic carbocycles. The Morgan fingerprint density at radius 2 is 1.24 bits per heavy atom. The van der Waals surface area contributed by atoms with Crippen molar-refractivity contribution >= 4 is 22.1 Å². The van der Waals surface area contributed by atoms with Gasteiger partial charge in [0.25, 0.3) is 0 Å². The first-order valence-electron chi connectivity index (χ1n) is 13.9. The first kappa shape index (κ1) is 37.1. The molecule has 0 aromatic heterocycles. The summed E-state index contributed by atoms with van der Waals surface area (Å²) in [6.07, 6.45) is 0. The van der Waals surface area contributed by atoms with Crippen molar-refractivity contribution in [3.05, 3.63) is 82.9 Å². The number of ether oxygens (including phenoxy) is 3. The van der Waals surface area contributed by atoms with E-state index in [1.54, 1.807) is 20.8 Å². The summed E-state index contributed by atoms with van der Waals surface area (Å²) in [5.74, 6) is -0.653. The van der Waals surface area contributed by atoms with Gasteiger partial charge in [-0.2, -0.15) is 21.6 Å². The van der Waals surface area contributed by atoms with Gasteiger partial charge in [0.15, 0.2) is 0 Å². The highest BCUT2D eigenvalue weighted by Crippen LogP contribution is 2.37. The van der Waals surface area contributed by atoms with Crippen molar-refractivity contribution < 1.29 is 49.6 Å². The molecule has 0 saturated heterocycles. The van der Waals surface area contributed by atoms with Crippen molar-refractivity contribution in [3.8, 4) is 22.6 Å². The topological polar surface area (TPSA) is 105 Å². The van der Waals surface area contributed by atoms with Crippen LogP contribution in [0.25, 0.3) is 11.1 Å². The third kappa shape index (κ3) is 9.71. The molecule has 0 unspecified atom stereocenters. The predicted octanol–water partition coefficient (Wildman–Crippen LogP) is 7.84. The standard InChI is InChI=1S/C20H24O3.C13H15F3O5S/c1-6-23-16-9-7-8-14(12-16)17-11-10-15(19(21)22-5)13-18(17)20(2,3)4;1-12(2,3)9-7-8(11(17)20-4)5-6-10(9)21-22(18,19)13(14,15)16/h7-13H,6H2,1-5H3;5-7H,1-4H3. The lowest BCUT2D eigenvalue weighted by molar-refractivity contribution is -0.0500. The van der Waals surface area contributed by atoms with Crippen LogP contribution in [0.3, 0.4) is 0 Å². The first-order chi connectivity index (χ1) is 20.7. The summed E-state index contributed by atoms with van der Waals surface area (Å²) in [7, 11) is -3.24. The molecule has 0 spiro atoms. The predicted molar refractivity (Wildman–Crippen MR) is 165 cm³/mol. The minimum absolute atomic E-state index is 0.0733. The second kappa shape index (κ2) is 14.4. The molecule has 3 aromatic rings. The number of carbonyl (C=O) groups excluding carboxylic acids is 2. The Morgan fingerprint density at radius 3 is 1.71 bits per heavy atom. The fraction of sp³-hybridized carbons (Fsp3) is 0.394. The van der Waals surface area contributed by atoms with E-state index in [0.717, 1.165) is 41.7 Å². The molecule has 12 heteroatoms. The summed E-state index contributed by atoms with van der Waals surface area (Å²) in [6, 6.07) is 17.1.